The molecule has 0 unspecified atom stereocenters. The van der Waals surface area contributed by atoms with Crippen molar-refractivity contribution in [3.63, 3.8) is 0 Å². The van der Waals surface area contributed by atoms with Crippen LogP contribution in [-0.4, -0.2) is 25.4 Å². The molecule has 2 heterocycles. The van der Waals surface area contributed by atoms with Crippen molar-refractivity contribution in [2.45, 2.75) is 12.9 Å². The molecule has 0 saturated carbocycles. The summed E-state index contributed by atoms with van der Waals surface area (Å²) in [6.07, 6.45) is -6.26. The van der Waals surface area contributed by atoms with Crippen molar-refractivity contribution in [1.82, 2.24) is 14.6 Å². The van der Waals surface area contributed by atoms with E-state index in [1.807, 2.05) is 0 Å². The molecule has 8 nitrogen and oxygen atoms in total. The molecule has 0 atom stereocenters. The molecule has 1 N–H and O–H groups in total. The third-order valence-electron chi connectivity index (χ3n) is 3.56. The zero-order valence-corrected chi connectivity index (χ0v) is 14.2. The lowest BCUT2D eigenvalue weighted by molar-refractivity contribution is -0.383. The number of carbonyl (C=O) groups excluding carboxylic acids is 1. The topological polar surface area (TPSA) is 102 Å². The number of rotatable bonds is 5. The molecule has 0 aliphatic heterocycles. The molecular formula is C15H8ClF4N5O3. The molecule has 2 aromatic heterocycles. The van der Waals surface area contributed by atoms with E-state index < -0.39 is 52.1 Å². The first-order chi connectivity index (χ1) is 13.2. The van der Waals surface area contributed by atoms with Gasteiger partial charge in [-0.2, -0.15) is 5.10 Å². The monoisotopic (exact) mass is 417 g/mol. The molecule has 0 aliphatic carbocycles. The van der Waals surface area contributed by atoms with Gasteiger partial charge in [0.05, 0.1) is 4.92 Å². The van der Waals surface area contributed by atoms with Gasteiger partial charge < -0.3 is 5.32 Å². The molecule has 1 amide bonds. The van der Waals surface area contributed by atoms with E-state index in [0.717, 1.165) is 12.1 Å². The molecular weight excluding hydrogens is 410 g/mol. The maximum absolute atomic E-state index is 13.2. The van der Waals surface area contributed by atoms with Gasteiger partial charge in [-0.05, 0) is 18.2 Å². The summed E-state index contributed by atoms with van der Waals surface area (Å²) in [6.45, 7) is 0. The maximum atomic E-state index is 13.2. The third kappa shape index (κ3) is 3.71. The van der Waals surface area contributed by atoms with Gasteiger partial charge >= 0.3 is 0 Å². The number of nitrogens with zero attached hydrogens (tertiary/aromatic N) is 4. The fourth-order valence-electron chi connectivity index (χ4n) is 2.34. The van der Waals surface area contributed by atoms with Gasteiger partial charge in [-0.25, -0.2) is 27.1 Å². The number of nitro benzene ring substituents is 1. The van der Waals surface area contributed by atoms with E-state index >= 15 is 0 Å². The number of fused-ring (bicyclic) bond motifs is 1. The number of nitro groups is 1. The Kier molecular flexibility index (Phi) is 5.14. The first-order valence-electron chi connectivity index (χ1n) is 7.39. The Balaban J connectivity index is 2.01. The molecule has 0 aliphatic rings. The summed E-state index contributed by atoms with van der Waals surface area (Å²) in [5.41, 5.74) is -3.35. The van der Waals surface area contributed by atoms with E-state index in [1.54, 1.807) is 0 Å². The highest BCUT2D eigenvalue weighted by molar-refractivity contribution is 6.31. The number of nitrogens with one attached hydrogen (secondary N) is 1. The molecule has 0 radical (unpaired) electrons. The molecule has 3 aromatic rings. The normalized spacial score (nSPS) is 11.4. The van der Waals surface area contributed by atoms with Crippen molar-refractivity contribution in [2.75, 3.05) is 5.32 Å². The van der Waals surface area contributed by atoms with Crippen molar-refractivity contribution in [3.8, 4) is 0 Å². The summed E-state index contributed by atoms with van der Waals surface area (Å²) in [4.78, 5) is 26.1. The molecule has 1 aromatic carbocycles. The summed E-state index contributed by atoms with van der Waals surface area (Å²) >= 11 is 5.68. The molecule has 146 valence electrons. The van der Waals surface area contributed by atoms with E-state index in [0.29, 0.717) is 10.6 Å². The third-order valence-corrected chi connectivity index (χ3v) is 3.79. The minimum Gasteiger partial charge on any atom is -0.315 e. The zero-order chi connectivity index (χ0) is 20.6. The Labute approximate surface area is 157 Å². The standard InChI is InChI=1S/C15H8ClF4N5O3/c16-6-1-2-7(10(3-6)25(27)28)22-15(26)9-5-12-21-8(13(17)18)4-11(14(19)20)24(12)23-9/h1-5,13-14H,(H,22,26). The Morgan fingerprint density at radius 2 is 1.89 bits per heavy atom. The van der Waals surface area contributed by atoms with Crippen LogP contribution in [0.5, 0.6) is 0 Å². The first kappa shape index (κ1) is 19.5. The van der Waals surface area contributed by atoms with Gasteiger partial charge in [0.2, 0.25) is 0 Å². The van der Waals surface area contributed by atoms with Crippen molar-refractivity contribution < 1.29 is 27.3 Å². The van der Waals surface area contributed by atoms with E-state index in [9.17, 15) is 32.5 Å². The highest BCUT2D eigenvalue weighted by Crippen LogP contribution is 2.29. The molecule has 28 heavy (non-hydrogen) atoms. The van der Waals surface area contributed by atoms with Gasteiger partial charge in [0, 0.05) is 17.2 Å². The predicted molar refractivity (Wildman–Crippen MR) is 89.0 cm³/mol. The average molecular weight is 418 g/mol. The summed E-state index contributed by atoms with van der Waals surface area (Å²) in [7, 11) is 0. The highest BCUT2D eigenvalue weighted by Gasteiger charge is 2.23. The number of alkyl halides is 4. The second-order valence-electron chi connectivity index (χ2n) is 5.38. The van der Waals surface area contributed by atoms with Gasteiger partial charge in [-0.3, -0.25) is 14.9 Å². The molecule has 0 bridgehead atoms. The number of anilines is 1. The maximum Gasteiger partial charge on any atom is 0.294 e. The van der Waals surface area contributed by atoms with Crippen LogP contribution in [-0.2, 0) is 0 Å². The first-order valence-corrected chi connectivity index (χ1v) is 7.77. The SMILES string of the molecule is O=C(Nc1ccc(Cl)cc1[N+](=O)[O-])c1cc2nc(C(F)F)cc(C(F)F)n2n1. The number of amides is 1. The smallest absolute Gasteiger partial charge is 0.294 e. The van der Waals surface area contributed by atoms with Crippen LogP contribution in [0.4, 0.5) is 28.9 Å². The largest absolute Gasteiger partial charge is 0.315 e. The fourth-order valence-corrected chi connectivity index (χ4v) is 2.51. The van der Waals surface area contributed by atoms with Crippen LogP contribution < -0.4 is 5.32 Å². The Morgan fingerprint density at radius 3 is 2.50 bits per heavy atom. The number of halogens is 5. The van der Waals surface area contributed by atoms with Gasteiger partial charge in [0.15, 0.2) is 11.3 Å². The molecule has 13 heteroatoms. The Bertz CT molecular complexity index is 1090. The van der Waals surface area contributed by atoms with Gasteiger partial charge in [0.25, 0.3) is 24.4 Å². The lowest BCUT2D eigenvalue weighted by Crippen LogP contribution is -2.14. The van der Waals surface area contributed by atoms with Crippen LogP contribution in [0.2, 0.25) is 5.02 Å². The molecule has 3 rings (SSSR count). The number of aromatic nitrogens is 3. The van der Waals surface area contributed by atoms with Gasteiger partial charge in [-0.1, -0.05) is 11.6 Å². The van der Waals surface area contributed by atoms with Crippen LogP contribution in [0, 0.1) is 10.1 Å². The Hall–Kier alpha value is -3.28. The van der Waals surface area contributed by atoms with Crippen molar-refractivity contribution in [1.29, 1.82) is 0 Å². The van der Waals surface area contributed by atoms with E-state index in [4.69, 9.17) is 11.6 Å². The quantitative estimate of drug-likeness (QED) is 0.376. The van der Waals surface area contributed by atoms with Crippen molar-refractivity contribution >= 4 is 34.5 Å². The number of carbonyl (C=O) groups is 1. The number of hydrogen-bond acceptors (Lipinski definition) is 5. The van der Waals surface area contributed by atoms with Gasteiger partial charge in [-0.15, -0.1) is 0 Å². The molecule has 0 saturated heterocycles. The zero-order valence-electron chi connectivity index (χ0n) is 13.4. The van der Waals surface area contributed by atoms with Crippen molar-refractivity contribution in [2.24, 2.45) is 0 Å². The van der Waals surface area contributed by atoms with Gasteiger partial charge in [0.1, 0.15) is 17.1 Å². The summed E-state index contributed by atoms with van der Waals surface area (Å²) in [5, 5.41) is 17.0. The second kappa shape index (κ2) is 7.38. The second-order valence-corrected chi connectivity index (χ2v) is 5.82. The lowest BCUT2D eigenvalue weighted by Gasteiger charge is -2.06. The van der Waals surface area contributed by atoms with Crippen LogP contribution in [0.15, 0.2) is 30.3 Å². The van der Waals surface area contributed by atoms with Crippen LogP contribution >= 0.6 is 11.6 Å². The lowest BCUT2D eigenvalue weighted by atomic mass is 10.2. The predicted octanol–water partition coefficient (Wildman–Crippen LogP) is 4.42. The highest BCUT2D eigenvalue weighted by atomic mass is 35.5. The summed E-state index contributed by atoms with van der Waals surface area (Å²) in [6, 6.07) is 4.87. The van der Waals surface area contributed by atoms with E-state index in [2.05, 4.69) is 15.4 Å². The van der Waals surface area contributed by atoms with E-state index in [1.165, 1.54) is 12.1 Å². The Morgan fingerprint density at radius 1 is 1.18 bits per heavy atom. The van der Waals surface area contributed by atoms with Crippen LogP contribution in [0.3, 0.4) is 0 Å². The minimum atomic E-state index is -3.16. The fraction of sp³-hybridized carbons (Fsp3) is 0.133. The summed E-state index contributed by atoms with van der Waals surface area (Å²) < 4.78 is 52.6. The summed E-state index contributed by atoms with van der Waals surface area (Å²) in [5.74, 6) is -0.991. The molecule has 0 fully saturated rings. The van der Waals surface area contributed by atoms with Crippen molar-refractivity contribution in [3.05, 3.63) is 62.6 Å². The van der Waals surface area contributed by atoms with Crippen LogP contribution in [0.1, 0.15) is 34.7 Å². The number of benzene rings is 1. The molecule has 0 spiro atoms. The van der Waals surface area contributed by atoms with E-state index in [-0.39, 0.29) is 10.7 Å². The average Bonchev–Trinajstić information content (AvgIpc) is 3.06. The number of hydrogen-bond donors (Lipinski definition) is 1. The van der Waals surface area contributed by atoms with Crippen LogP contribution in [0.25, 0.3) is 5.65 Å². The minimum absolute atomic E-state index is 0.0581.